The highest BCUT2D eigenvalue weighted by Gasteiger charge is 2.14. The van der Waals surface area contributed by atoms with E-state index in [2.05, 4.69) is 10.6 Å². The van der Waals surface area contributed by atoms with Crippen LogP contribution in [0.3, 0.4) is 0 Å². The first-order valence-corrected chi connectivity index (χ1v) is 6.13. The van der Waals surface area contributed by atoms with Gasteiger partial charge in [0.05, 0.1) is 0 Å². The van der Waals surface area contributed by atoms with Gasteiger partial charge in [0, 0.05) is 18.2 Å². The van der Waals surface area contributed by atoms with Crippen LogP contribution in [0.5, 0.6) is 0 Å². The zero-order chi connectivity index (χ0) is 13.0. The summed E-state index contributed by atoms with van der Waals surface area (Å²) in [4.78, 5) is 11.7. The van der Waals surface area contributed by atoms with Gasteiger partial charge in [0.15, 0.2) is 11.6 Å². The molecule has 3 nitrogen and oxygen atoms in total. The minimum Gasteiger partial charge on any atom is -0.352 e. The maximum atomic E-state index is 12.9. The van der Waals surface area contributed by atoms with Crippen molar-refractivity contribution in [3.63, 3.8) is 0 Å². The molecule has 98 valence electrons. The van der Waals surface area contributed by atoms with E-state index in [4.69, 9.17) is 0 Å². The van der Waals surface area contributed by atoms with Crippen molar-refractivity contribution in [1.29, 1.82) is 0 Å². The van der Waals surface area contributed by atoms with Crippen molar-refractivity contribution >= 4 is 5.91 Å². The van der Waals surface area contributed by atoms with Crippen LogP contribution in [-0.4, -0.2) is 25.0 Å². The summed E-state index contributed by atoms with van der Waals surface area (Å²) in [6.07, 6.45) is 3.15. The lowest BCUT2D eigenvalue weighted by molar-refractivity contribution is 0.0952. The van der Waals surface area contributed by atoms with E-state index in [-0.39, 0.29) is 11.5 Å². The molecular formula is C13H16F2N2O. The normalized spacial score (nSPS) is 18.9. The summed E-state index contributed by atoms with van der Waals surface area (Å²) in [7, 11) is 0. The van der Waals surface area contributed by atoms with Crippen LogP contribution in [0.15, 0.2) is 18.2 Å². The van der Waals surface area contributed by atoms with Crippen molar-refractivity contribution in [2.75, 3.05) is 13.1 Å². The third-order valence-corrected chi connectivity index (χ3v) is 3.12. The van der Waals surface area contributed by atoms with E-state index in [9.17, 15) is 13.6 Å². The van der Waals surface area contributed by atoms with E-state index in [0.29, 0.717) is 12.6 Å². The van der Waals surface area contributed by atoms with Crippen LogP contribution in [0.25, 0.3) is 0 Å². The van der Waals surface area contributed by atoms with Gasteiger partial charge in [-0.05, 0) is 44.0 Å². The number of nitrogens with one attached hydrogen (secondary N) is 2. The second-order valence-corrected chi connectivity index (χ2v) is 4.47. The highest BCUT2D eigenvalue weighted by molar-refractivity contribution is 5.94. The minimum atomic E-state index is -1.000. The van der Waals surface area contributed by atoms with Crippen molar-refractivity contribution in [1.82, 2.24) is 10.6 Å². The number of carbonyl (C=O) groups excluding carboxylic acids is 1. The summed E-state index contributed by atoms with van der Waals surface area (Å²) in [5.41, 5.74) is 0.147. The number of benzene rings is 1. The van der Waals surface area contributed by atoms with Gasteiger partial charge in [-0.1, -0.05) is 0 Å². The molecule has 1 aromatic carbocycles. The van der Waals surface area contributed by atoms with Crippen molar-refractivity contribution in [2.45, 2.75) is 25.3 Å². The fraction of sp³-hybridized carbons (Fsp3) is 0.462. The van der Waals surface area contributed by atoms with E-state index in [1.54, 1.807) is 0 Å². The minimum absolute atomic E-state index is 0.147. The molecule has 18 heavy (non-hydrogen) atoms. The highest BCUT2D eigenvalue weighted by atomic mass is 19.2. The average molecular weight is 254 g/mol. The Hall–Kier alpha value is -1.49. The van der Waals surface area contributed by atoms with Gasteiger partial charge in [-0.25, -0.2) is 8.78 Å². The first-order chi connectivity index (χ1) is 8.66. The molecule has 0 aromatic heterocycles. The molecule has 2 N–H and O–H groups in total. The quantitative estimate of drug-likeness (QED) is 0.860. The van der Waals surface area contributed by atoms with Gasteiger partial charge in [-0.2, -0.15) is 0 Å². The summed E-state index contributed by atoms with van der Waals surface area (Å²) in [6.45, 7) is 1.57. The molecule has 1 unspecified atom stereocenters. The molecule has 0 radical (unpaired) electrons. The maximum absolute atomic E-state index is 12.9. The molecule has 1 aliphatic heterocycles. The molecule has 0 spiro atoms. The van der Waals surface area contributed by atoms with Gasteiger partial charge in [0.2, 0.25) is 0 Å². The van der Waals surface area contributed by atoms with Gasteiger partial charge in [0.1, 0.15) is 0 Å². The van der Waals surface area contributed by atoms with Crippen LogP contribution in [0.2, 0.25) is 0 Å². The largest absolute Gasteiger partial charge is 0.352 e. The molecule has 1 aromatic rings. The lowest BCUT2D eigenvalue weighted by Gasteiger charge is -2.10. The number of halogens is 2. The number of carbonyl (C=O) groups is 1. The highest BCUT2D eigenvalue weighted by Crippen LogP contribution is 2.10. The van der Waals surface area contributed by atoms with Crippen LogP contribution in [-0.2, 0) is 0 Å². The first kappa shape index (κ1) is 13.0. The van der Waals surface area contributed by atoms with Gasteiger partial charge in [-0.15, -0.1) is 0 Å². The summed E-state index contributed by atoms with van der Waals surface area (Å²) >= 11 is 0. The first-order valence-electron chi connectivity index (χ1n) is 6.13. The third-order valence-electron chi connectivity index (χ3n) is 3.12. The molecule has 1 fully saturated rings. The van der Waals surface area contributed by atoms with Crippen LogP contribution in [0, 0.1) is 11.6 Å². The summed E-state index contributed by atoms with van der Waals surface area (Å²) in [6, 6.07) is 3.61. The second-order valence-electron chi connectivity index (χ2n) is 4.47. The molecule has 1 amide bonds. The molecule has 0 bridgehead atoms. The zero-order valence-corrected chi connectivity index (χ0v) is 10.0. The van der Waals surface area contributed by atoms with E-state index < -0.39 is 11.6 Å². The molecule has 5 heteroatoms. The van der Waals surface area contributed by atoms with Gasteiger partial charge in [-0.3, -0.25) is 4.79 Å². The number of amides is 1. The van der Waals surface area contributed by atoms with Gasteiger partial charge in [0.25, 0.3) is 5.91 Å². The zero-order valence-electron chi connectivity index (χ0n) is 10.0. The van der Waals surface area contributed by atoms with E-state index in [1.165, 1.54) is 12.5 Å². The maximum Gasteiger partial charge on any atom is 0.251 e. The van der Waals surface area contributed by atoms with Gasteiger partial charge >= 0.3 is 0 Å². The SMILES string of the molecule is O=C(NCCC1CCCN1)c1ccc(F)c(F)c1. The Morgan fingerprint density at radius 2 is 2.22 bits per heavy atom. The molecule has 1 saturated heterocycles. The topological polar surface area (TPSA) is 41.1 Å². The summed E-state index contributed by atoms with van der Waals surface area (Å²) < 4.78 is 25.6. The average Bonchev–Trinajstić information content (AvgIpc) is 2.85. The van der Waals surface area contributed by atoms with Crippen molar-refractivity contribution in [2.24, 2.45) is 0 Å². The molecule has 1 aliphatic rings. The molecule has 0 saturated carbocycles. The van der Waals surface area contributed by atoms with Crippen LogP contribution in [0.1, 0.15) is 29.6 Å². The number of hydrogen-bond acceptors (Lipinski definition) is 2. The Balaban J connectivity index is 1.81. The molecular weight excluding hydrogens is 238 g/mol. The summed E-state index contributed by atoms with van der Waals surface area (Å²) in [5, 5.41) is 6.03. The van der Waals surface area contributed by atoms with Gasteiger partial charge < -0.3 is 10.6 Å². The standard InChI is InChI=1S/C13H16F2N2O/c14-11-4-3-9(8-12(11)15)13(18)17-7-5-10-2-1-6-16-10/h3-4,8,10,16H,1-2,5-7H2,(H,17,18). The predicted octanol–water partition coefficient (Wildman–Crippen LogP) is 1.84. The van der Waals surface area contributed by atoms with Crippen LogP contribution in [0.4, 0.5) is 8.78 Å². The lowest BCUT2D eigenvalue weighted by Crippen LogP contribution is -2.30. The van der Waals surface area contributed by atoms with E-state index in [0.717, 1.165) is 31.5 Å². The Kier molecular flexibility index (Phi) is 4.25. The Bertz CT molecular complexity index is 431. The molecule has 2 rings (SSSR count). The van der Waals surface area contributed by atoms with Crippen LogP contribution >= 0.6 is 0 Å². The Labute approximate surface area is 105 Å². The molecule has 0 aliphatic carbocycles. The molecule has 1 atom stereocenters. The van der Waals surface area contributed by atoms with Crippen molar-refractivity contribution < 1.29 is 13.6 Å². The van der Waals surface area contributed by atoms with Crippen LogP contribution < -0.4 is 10.6 Å². The third kappa shape index (κ3) is 3.26. The Morgan fingerprint density at radius 1 is 1.39 bits per heavy atom. The smallest absolute Gasteiger partial charge is 0.251 e. The fourth-order valence-electron chi connectivity index (χ4n) is 2.10. The second kappa shape index (κ2) is 5.91. The van der Waals surface area contributed by atoms with E-state index in [1.807, 2.05) is 0 Å². The monoisotopic (exact) mass is 254 g/mol. The summed E-state index contributed by atoms with van der Waals surface area (Å²) in [5.74, 6) is -2.31. The number of rotatable bonds is 4. The fourth-order valence-corrected chi connectivity index (χ4v) is 2.10. The Morgan fingerprint density at radius 3 is 2.89 bits per heavy atom. The predicted molar refractivity (Wildman–Crippen MR) is 64.3 cm³/mol. The lowest BCUT2D eigenvalue weighted by atomic mass is 10.1. The van der Waals surface area contributed by atoms with Crippen molar-refractivity contribution in [3.05, 3.63) is 35.4 Å². The van der Waals surface area contributed by atoms with E-state index >= 15 is 0 Å². The molecule has 1 heterocycles. The van der Waals surface area contributed by atoms with Crippen molar-refractivity contribution in [3.8, 4) is 0 Å². The number of hydrogen-bond donors (Lipinski definition) is 2.